The minimum Gasteiger partial charge on any atom is -0.268 e. The molecule has 0 atom stereocenters. The molecule has 0 amide bonds. The third-order valence-corrected chi connectivity index (χ3v) is 2.72. The van der Waals surface area contributed by atoms with Gasteiger partial charge in [0.25, 0.3) is 0 Å². The van der Waals surface area contributed by atoms with Crippen LogP contribution < -0.4 is 0 Å². The minimum absolute atomic E-state index is 0.275. The fourth-order valence-electron chi connectivity index (χ4n) is 1.27. The SMILES string of the molecule is Cc1nnc(Cl)n1-c1ccc(Cl)cc1Cl. The fraction of sp³-hybridized carbons (Fsp3) is 0.111. The van der Waals surface area contributed by atoms with Gasteiger partial charge in [-0.2, -0.15) is 0 Å². The van der Waals surface area contributed by atoms with E-state index in [1.807, 2.05) is 0 Å². The average molecular weight is 263 g/mol. The number of halogens is 3. The first-order valence-corrected chi connectivity index (χ1v) is 5.26. The quantitative estimate of drug-likeness (QED) is 0.787. The van der Waals surface area contributed by atoms with Crippen LogP contribution in [0.1, 0.15) is 5.82 Å². The van der Waals surface area contributed by atoms with Gasteiger partial charge in [-0.3, -0.25) is 4.57 Å². The molecule has 0 bridgehead atoms. The van der Waals surface area contributed by atoms with Crippen molar-refractivity contribution < 1.29 is 0 Å². The molecule has 0 aliphatic rings. The highest BCUT2D eigenvalue weighted by Crippen LogP contribution is 2.27. The number of benzene rings is 1. The van der Waals surface area contributed by atoms with Crippen molar-refractivity contribution in [3.63, 3.8) is 0 Å². The Bertz CT molecular complexity index is 488. The molecule has 2 aromatic rings. The zero-order chi connectivity index (χ0) is 11.0. The highest BCUT2D eigenvalue weighted by molar-refractivity contribution is 6.36. The van der Waals surface area contributed by atoms with Crippen LogP contribution in [0.2, 0.25) is 15.3 Å². The summed E-state index contributed by atoms with van der Waals surface area (Å²) in [6.07, 6.45) is 0. The van der Waals surface area contributed by atoms with E-state index in [1.54, 1.807) is 29.7 Å². The van der Waals surface area contributed by atoms with Crippen LogP contribution in [0.15, 0.2) is 18.2 Å². The molecule has 15 heavy (non-hydrogen) atoms. The molecule has 0 radical (unpaired) electrons. The normalized spacial score (nSPS) is 10.7. The molecule has 3 nitrogen and oxygen atoms in total. The van der Waals surface area contributed by atoms with E-state index in [0.29, 0.717) is 21.6 Å². The van der Waals surface area contributed by atoms with E-state index in [-0.39, 0.29) is 5.28 Å². The van der Waals surface area contributed by atoms with Gasteiger partial charge in [-0.15, -0.1) is 10.2 Å². The second-order valence-electron chi connectivity index (χ2n) is 2.95. The molecule has 0 saturated carbocycles. The maximum Gasteiger partial charge on any atom is 0.229 e. The Kier molecular flexibility index (Phi) is 2.87. The van der Waals surface area contributed by atoms with Crippen LogP contribution in [0.4, 0.5) is 0 Å². The van der Waals surface area contributed by atoms with Crippen LogP contribution in [0.5, 0.6) is 0 Å². The van der Waals surface area contributed by atoms with E-state index in [1.165, 1.54) is 0 Å². The first-order valence-electron chi connectivity index (χ1n) is 4.12. The Morgan fingerprint density at radius 3 is 2.40 bits per heavy atom. The topological polar surface area (TPSA) is 30.7 Å². The zero-order valence-electron chi connectivity index (χ0n) is 7.71. The van der Waals surface area contributed by atoms with Crippen molar-refractivity contribution in [3.8, 4) is 5.69 Å². The molecule has 0 aliphatic carbocycles. The maximum absolute atomic E-state index is 6.05. The Morgan fingerprint density at radius 2 is 1.87 bits per heavy atom. The second kappa shape index (κ2) is 4.00. The molecule has 2 rings (SSSR count). The van der Waals surface area contributed by atoms with Gasteiger partial charge in [0, 0.05) is 5.02 Å². The van der Waals surface area contributed by atoms with Crippen LogP contribution >= 0.6 is 34.8 Å². The molecule has 0 aliphatic heterocycles. The summed E-state index contributed by atoms with van der Waals surface area (Å²) in [6.45, 7) is 1.80. The summed E-state index contributed by atoms with van der Waals surface area (Å²) in [5.74, 6) is 0.671. The fourth-order valence-corrected chi connectivity index (χ4v) is 2.02. The molecule has 0 spiro atoms. The zero-order valence-corrected chi connectivity index (χ0v) is 9.98. The van der Waals surface area contributed by atoms with Crippen molar-refractivity contribution in [2.45, 2.75) is 6.92 Å². The summed E-state index contributed by atoms with van der Waals surface area (Å²) < 4.78 is 1.65. The molecule has 1 aromatic heterocycles. The van der Waals surface area contributed by atoms with Gasteiger partial charge in [0.2, 0.25) is 5.28 Å². The summed E-state index contributed by atoms with van der Waals surface area (Å²) >= 11 is 17.7. The number of hydrogen-bond donors (Lipinski definition) is 0. The van der Waals surface area contributed by atoms with Crippen molar-refractivity contribution in [2.75, 3.05) is 0 Å². The first kappa shape index (κ1) is 10.7. The lowest BCUT2D eigenvalue weighted by molar-refractivity contribution is 0.970. The van der Waals surface area contributed by atoms with Gasteiger partial charge in [-0.25, -0.2) is 0 Å². The van der Waals surface area contributed by atoms with E-state index >= 15 is 0 Å². The number of aryl methyl sites for hydroxylation is 1. The first-order chi connectivity index (χ1) is 7.09. The Hall–Kier alpha value is -0.770. The third-order valence-electron chi connectivity index (χ3n) is 1.94. The number of rotatable bonds is 1. The van der Waals surface area contributed by atoms with Gasteiger partial charge in [0.15, 0.2) is 0 Å². The summed E-state index contributed by atoms with van der Waals surface area (Å²) in [4.78, 5) is 0. The molecule has 6 heteroatoms. The molecule has 0 unspecified atom stereocenters. The van der Waals surface area contributed by atoms with E-state index in [2.05, 4.69) is 10.2 Å². The van der Waals surface area contributed by atoms with Crippen LogP contribution in [0.3, 0.4) is 0 Å². The van der Waals surface area contributed by atoms with Crippen LogP contribution in [0, 0.1) is 6.92 Å². The number of hydrogen-bond acceptors (Lipinski definition) is 2. The number of aromatic nitrogens is 3. The predicted octanol–water partition coefficient (Wildman–Crippen LogP) is 3.54. The van der Waals surface area contributed by atoms with Gasteiger partial charge < -0.3 is 0 Å². The second-order valence-corrected chi connectivity index (χ2v) is 4.13. The monoisotopic (exact) mass is 261 g/mol. The van der Waals surface area contributed by atoms with E-state index in [0.717, 1.165) is 0 Å². The van der Waals surface area contributed by atoms with Crippen LogP contribution in [0.25, 0.3) is 5.69 Å². The average Bonchev–Trinajstić information content (AvgIpc) is 2.48. The lowest BCUT2D eigenvalue weighted by Crippen LogP contribution is -1.97. The molecule has 0 fully saturated rings. The third kappa shape index (κ3) is 1.95. The largest absolute Gasteiger partial charge is 0.268 e. The summed E-state index contributed by atoms with van der Waals surface area (Å²) in [5, 5.41) is 8.94. The molecular formula is C9H6Cl3N3. The lowest BCUT2D eigenvalue weighted by Gasteiger charge is -2.07. The molecular weight excluding hydrogens is 256 g/mol. The van der Waals surface area contributed by atoms with Gasteiger partial charge in [-0.1, -0.05) is 23.2 Å². The van der Waals surface area contributed by atoms with E-state index in [4.69, 9.17) is 34.8 Å². The standard InChI is InChI=1S/C9H6Cl3N3/c1-5-13-14-9(12)15(5)8-3-2-6(10)4-7(8)11/h2-4H,1H3. The van der Waals surface area contributed by atoms with Crippen molar-refractivity contribution in [3.05, 3.63) is 39.4 Å². The minimum atomic E-state index is 0.275. The van der Waals surface area contributed by atoms with Crippen molar-refractivity contribution >= 4 is 34.8 Å². The highest BCUT2D eigenvalue weighted by Gasteiger charge is 2.11. The van der Waals surface area contributed by atoms with Crippen molar-refractivity contribution in [2.24, 2.45) is 0 Å². The van der Waals surface area contributed by atoms with E-state index in [9.17, 15) is 0 Å². The summed E-state index contributed by atoms with van der Waals surface area (Å²) in [7, 11) is 0. The van der Waals surface area contributed by atoms with Crippen LogP contribution in [-0.2, 0) is 0 Å². The van der Waals surface area contributed by atoms with Gasteiger partial charge in [0.1, 0.15) is 5.82 Å². The number of nitrogens with zero attached hydrogens (tertiary/aromatic N) is 3. The Morgan fingerprint density at radius 1 is 1.13 bits per heavy atom. The summed E-state index contributed by atoms with van der Waals surface area (Å²) in [6, 6.07) is 5.15. The Balaban J connectivity index is 2.64. The predicted molar refractivity (Wildman–Crippen MR) is 61.1 cm³/mol. The summed E-state index contributed by atoms with van der Waals surface area (Å²) in [5.41, 5.74) is 0.716. The van der Waals surface area contributed by atoms with Crippen LogP contribution in [-0.4, -0.2) is 14.8 Å². The molecule has 1 aromatic carbocycles. The van der Waals surface area contributed by atoms with E-state index < -0.39 is 0 Å². The maximum atomic E-state index is 6.05. The highest BCUT2D eigenvalue weighted by atomic mass is 35.5. The smallest absolute Gasteiger partial charge is 0.229 e. The molecule has 78 valence electrons. The Labute approximate surface area is 102 Å². The molecule has 1 heterocycles. The van der Waals surface area contributed by atoms with Gasteiger partial charge in [0.05, 0.1) is 10.7 Å². The molecule has 0 saturated heterocycles. The van der Waals surface area contributed by atoms with Gasteiger partial charge in [-0.05, 0) is 36.7 Å². The molecule has 0 N–H and O–H groups in total. The van der Waals surface area contributed by atoms with Crippen molar-refractivity contribution in [1.29, 1.82) is 0 Å². The van der Waals surface area contributed by atoms with Gasteiger partial charge >= 0.3 is 0 Å². The van der Waals surface area contributed by atoms with Crippen molar-refractivity contribution in [1.82, 2.24) is 14.8 Å². The lowest BCUT2D eigenvalue weighted by atomic mass is 10.3.